The van der Waals surface area contributed by atoms with Gasteiger partial charge in [0.05, 0.1) is 19.2 Å². The van der Waals surface area contributed by atoms with Gasteiger partial charge in [0.2, 0.25) is 5.91 Å². The first kappa shape index (κ1) is 13.1. The van der Waals surface area contributed by atoms with Crippen molar-refractivity contribution in [3.63, 3.8) is 0 Å². The van der Waals surface area contributed by atoms with Gasteiger partial charge < -0.3 is 15.3 Å². The number of nitrogens with one attached hydrogen (secondary N) is 1. The fraction of sp³-hybridized carbons (Fsp3) is 0.692. The maximum Gasteiger partial charge on any atom is 0.238 e. The van der Waals surface area contributed by atoms with E-state index in [1.54, 1.807) is 11.0 Å². The van der Waals surface area contributed by atoms with Crippen molar-refractivity contribution >= 4 is 5.91 Å². The minimum absolute atomic E-state index is 0.0697. The molecule has 0 aromatic carbocycles. The van der Waals surface area contributed by atoms with Crippen LogP contribution in [0.3, 0.4) is 0 Å². The molecule has 18 heavy (non-hydrogen) atoms. The van der Waals surface area contributed by atoms with E-state index in [0.717, 1.165) is 25.7 Å². The van der Waals surface area contributed by atoms with Gasteiger partial charge in [0.15, 0.2) is 0 Å². The van der Waals surface area contributed by atoms with Crippen molar-refractivity contribution in [2.45, 2.75) is 37.3 Å². The van der Waals surface area contributed by atoms with Crippen molar-refractivity contribution in [3.8, 4) is 6.07 Å². The van der Waals surface area contributed by atoms with E-state index in [2.05, 4.69) is 11.4 Å². The number of rotatable bonds is 4. The summed E-state index contributed by atoms with van der Waals surface area (Å²) in [6.07, 6.45) is 7.59. The van der Waals surface area contributed by atoms with Crippen LogP contribution < -0.4 is 5.32 Å². The van der Waals surface area contributed by atoms with Crippen LogP contribution >= 0.6 is 0 Å². The van der Waals surface area contributed by atoms with E-state index in [4.69, 9.17) is 5.26 Å². The zero-order valence-corrected chi connectivity index (χ0v) is 10.4. The monoisotopic (exact) mass is 249 g/mol. The highest BCUT2D eigenvalue weighted by Gasteiger charge is 2.34. The molecule has 0 bridgehead atoms. The molecule has 1 aliphatic heterocycles. The number of nitriles is 1. The largest absolute Gasteiger partial charge is 0.394 e. The number of nitrogens with zero attached hydrogens (tertiary/aromatic N) is 2. The summed E-state index contributed by atoms with van der Waals surface area (Å²) in [4.78, 5) is 13.6. The van der Waals surface area contributed by atoms with Crippen LogP contribution in [0.5, 0.6) is 0 Å². The van der Waals surface area contributed by atoms with Gasteiger partial charge in [0.1, 0.15) is 6.04 Å². The van der Waals surface area contributed by atoms with Crippen molar-refractivity contribution in [2.75, 3.05) is 19.7 Å². The maximum atomic E-state index is 12.0. The van der Waals surface area contributed by atoms with Crippen LogP contribution in [0, 0.1) is 11.3 Å². The second-order valence-corrected chi connectivity index (χ2v) is 5.05. The van der Waals surface area contributed by atoms with Gasteiger partial charge in [-0.15, -0.1) is 0 Å². The molecular formula is C13H19N3O2. The zero-order chi connectivity index (χ0) is 13.0. The fourth-order valence-corrected chi connectivity index (χ4v) is 2.70. The minimum Gasteiger partial charge on any atom is -0.394 e. The van der Waals surface area contributed by atoms with E-state index < -0.39 is 6.04 Å². The molecule has 0 spiro atoms. The van der Waals surface area contributed by atoms with Gasteiger partial charge in [-0.2, -0.15) is 5.26 Å². The quantitative estimate of drug-likeness (QED) is 0.696. The molecular weight excluding hydrogens is 230 g/mol. The predicted octanol–water partition coefficient (Wildman–Crippen LogP) is 0.172. The van der Waals surface area contributed by atoms with E-state index in [1.165, 1.54) is 0 Å². The van der Waals surface area contributed by atoms with Gasteiger partial charge in [-0.05, 0) is 18.9 Å². The van der Waals surface area contributed by atoms with Crippen molar-refractivity contribution in [1.29, 1.82) is 5.26 Å². The molecule has 0 aromatic heterocycles. The number of carbonyl (C=O) groups is 1. The summed E-state index contributed by atoms with van der Waals surface area (Å²) in [6, 6.07) is 1.65. The molecule has 2 aliphatic rings. The highest BCUT2D eigenvalue weighted by Crippen LogP contribution is 2.28. The van der Waals surface area contributed by atoms with E-state index in [1.807, 2.05) is 6.08 Å². The van der Waals surface area contributed by atoms with E-state index >= 15 is 0 Å². The van der Waals surface area contributed by atoms with Crippen LogP contribution in [0.1, 0.15) is 25.7 Å². The van der Waals surface area contributed by atoms with Crippen LogP contribution in [0.15, 0.2) is 12.2 Å². The molecule has 0 aromatic rings. The molecule has 1 fully saturated rings. The number of aliphatic hydroxyl groups is 1. The van der Waals surface area contributed by atoms with Gasteiger partial charge in [0.25, 0.3) is 0 Å². The number of hydrogen-bond donors (Lipinski definition) is 2. The first-order valence-corrected chi connectivity index (χ1v) is 6.42. The molecule has 0 radical (unpaired) electrons. The highest BCUT2D eigenvalue weighted by atomic mass is 16.3. The van der Waals surface area contributed by atoms with Crippen molar-refractivity contribution in [1.82, 2.24) is 10.2 Å². The van der Waals surface area contributed by atoms with Crippen LogP contribution in [0.25, 0.3) is 0 Å². The molecule has 5 heteroatoms. The molecule has 2 N–H and O–H groups in total. The Bertz CT molecular complexity index is 380. The van der Waals surface area contributed by atoms with Crippen molar-refractivity contribution in [3.05, 3.63) is 12.2 Å². The van der Waals surface area contributed by atoms with Crippen LogP contribution in [0.4, 0.5) is 0 Å². The minimum atomic E-state index is -0.437. The molecule has 1 aliphatic carbocycles. The van der Waals surface area contributed by atoms with E-state index in [-0.39, 0.29) is 24.6 Å². The van der Waals surface area contributed by atoms with Crippen molar-refractivity contribution in [2.24, 2.45) is 0 Å². The molecule has 1 amide bonds. The lowest BCUT2D eigenvalue weighted by molar-refractivity contribution is -0.130. The topological polar surface area (TPSA) is 76.4 Å². The zero-order valence-electron chi connectivity index (χ0n) is 10.4. The Kier molecular flexibility index (Phi) is 4.00. The highest BCUT2D eigenvalue weighted by molar-refractivity contribution is 5.80. The maximum absolute atomic E-state index is 12.0. The second-order valence-electron chi connectivity index (χ2n) is 5.05. The summed E-state index contributed by atoms with van der Waals surface area (Å²) in [5.74, 6) is -0.0775. The molecule has 1 atom stereocenters. The fourth-order valence-electron chi connectivity index (χ4n) is 2.70. The van der Waals surface area contributed by atoms with Crippen LogP contribution in [-0.4, -0.2) is 47.2 Å². The molecule has 1 heterocycles. The third-order valence-corrected chi connectivity index (χ3v) is 3.89. The number of amides is 1. The summed E-state index contributed by atoms with van der Waals surface area (Å²) in [6.45, 7) is 0.769. The molecule has 0 unspecified atom stereocenters. The third-order valence-electron chi connectivity index (χ3n) is 3.89. The summed E-state index contributed by atoms with van der Waals surface area (Å²) >= 11 is 0. The lowest BCUT2D eigenvalue weighted by atomic mass is 9.99. The normalized spacial score (nSPS) is 25.3. The average molecular weight is 249 g/mol. The van der Waals surface area contributed by atoms with Gasteiger partial charge in [-0.3, -0.25) is 4.79 Å². The lowest BCUT2D eigenvalue weighted by Crippen LogP contribution is -2.51. The Morgan fingerprint density at radius 1 is 1.56 bits per heavy atom. The van der Waals surface area contributed by atoms with Crippen LogP contribution in [-0.2, 0) is 4.79 Å². The summed E-state index contributed by atoms with van der Waals surface area (Å²) < 4.78 is 0. The smallest absolute Gasteiger partial charge is 0.238 e. The lowest BCUT2D eigenvalue weighted by Gasteiger charge is -2.29. The van der Waals surface area contributed by atoms with E-state index in [9.17, 15) is 9.90 Å². The molecule has 98 valence electrons. The molecule has 2 rings (SSSR count). The Balaban J connectivity index is 1.87. The Hall–Kier alpha value is -1.38. The summed E-state index contributed by atoms with van der Waals surface area (Å²) in [7, 11) is 0. The SMILES string of the molecule is N#C[C@@H]1C=CCN1C(=O)CNC1(CO)CCCC1. The van der Waals surface area contributed by atoms with Crippen LogP contribution in [0.2, 0.25) is 0 Å². The average Bonchev–Trinajstić information content (AvgIpc) is 3.05. The second kappa shape index (κ2) is 5.51. The van der Waals surface area contributed by atoms with Gasteiger partial charge in [-0.1, -0.05) is 18.9 Å². The Morgan fingerprint density at radius 2 is 2.28 bits per heavy atom. The standard InChI is InChI=1S/C13H19N3O2/c14-8-11-4-3-7-16(11)12(18)9-15-13(10-17)5-1-2-6-13/h3-4,11,15,17H,1-2,5-7,9-10H2/t11-/m0/s1. The first-order valence-electron chi connectivity index (χ1n) is 6.42. The van der Waals surface area contributed by atoms with Crippen molar-refractivity contribution < 1.29 is 9.90 Å². The number of carbonyl (C=O) groups excluding carboxylic acids is 1. The Labute approximate surface area is 107 Å². The van der Waals surface area contributed by atoms with Gasteiger partial charge in [0, 0.05) is 12.1 Å². The van der Waals surface area contributed by atoms with Gasteiger partial charge in [-0.25, -0.2) is 0 Å². The van der Waals surface area contributed by atoms with Gasteiger partial charge >= 0.3 is 0 Å². The summed E-state index contributed by atoms with van der Waals surface area (Å²) in [5, 5.41) is 21.5. The molecule has 0 saturated heterocycles. The third kappa shape index (κ3) is 2.55. The molecule has 5 nitrogen and oxygen atoms in total. The molecule has 1 saturated carbocycles. The predicted molar refractivity (Wildman–Crippen MR) is 66.5 cm³/mol. The Morgan fingerprint density at radius 3 is 2.89 bits per heavy atom. The summed E-state index contributed by atoms with van der Waals surface area (Å²) in [5.41, 5.74) is -0.287. The van der Waals surface area contributed by atoms with E-state index in [0.29, 0.717) is 6.54 Å². The number of aliphatic hydroxyl groups excluding tert-OH is 1. The number of hydrogen-bond acceptors (Lipinski definition) is 4. The first-order chi connectivity index (χ1) is 8.71.